The van der Waals surface area contributed by atoms with Crippen LogP contribution in [0.2, 0.25) is 0 Å². The first-order chi connectivity index (χ1) is 26.3. The maximum atomic E-state index is 6.42. The number of furan rings is 1. The summed E-state index contributed by atoms with van der Waals surface area (Å²) in [4.78, 5) is 5.09. The first-order valence-corrected chi connectivity index (χ1v) is 19.6. The van der Waals surface area contributed by atoms with Crippen molar-refractivity contribution in [1.29, 1.82) is 0 Å². The molecule has 2 nitrogen and oxygen atoms in total. The molecule has 2 aromatic heterocycles. The molecule has 0 fully saturated rings. The smallest absolute Gasteiger partial charge is 0.137 e. The van der Waals surface area contributed by atoms with E-state index in [0.29, 0.717) is 0 Å². The SMILES string of the molecule is c1ccc(N(c2cccc3oc4ccccc4c23)c2cccc3sc4cc5c(cc4c23)-c2ccccc2C52c3ccccc3Sc3ccccc32)cc1. The van der Waals surface area contributed by atoms with E-state index in [1.54, 1.807) is 0 Å². The van der Waals surface area contributed by atoms with Crippen molar-refractivity contribution in [3.8, 4) is 11.1 Å². The molecule has 0 N–H and O–H groups in total. The largest absolute Gasteiger partial charge is 0.456 e. The van der Waals surface area contributed by atoms with Crippen LogP contribution in [0.15, 0.2) is 190 Å². The van der Waals surface area contributed by atoms with E-state index >= 15 is 0 Å². The van der Waals surface area contributed by atoms with Crippen LogP contribution in [0.25, 0.3) is 53.2 Å². The molecule has 0 amide bonds. The van der Waals surface area contributed by atoms with Gasteiger partial charge in [0.25, 0.3) is 0 Å². The van der Waals surface area contributed by atoms with Gasteiger partial charge in [-0.3, -0.25) is 0 Å². The lowest BCUT2D eigenvalue weighted by Gasteiger charge is -2.39. The normalized spacial score (nSPS) is 13.7. The number of benzene rings is 8. The van der Waals surface area contributed by atoms with Crippen molar-refractivity contribution in [1.82, 2.24) is 0 Å². The number of thiophene rings is 1. The van der Waals surface area contributed by atoms with Gasteiger partial charge in [-0.1, -0.05) is 121 Å². The zero-order chi connectivity index (χ0) is 34.7. The molecule has 248 valence electrons. The van der Waals surface area contributed by atoms with E-state index in [1.807, 2.05) is 29.2 Å². The van der Waals surface area contributed by atoms with E-state index in [-0.39, 0.29) is 0 Å². The van der Waals surface area contributed by atoms with Gasteiger partial charge in [0.2, 0.25) is 0 Å². The van der Waals surface area contributed by atoms with Crippen LogP contribution in [0.3, 0.4) is 0 Å². The van der Waals surface area contributed by atoms with Gasteiger partial charge in [0.1, 0.15) is 11.2 Å². The highest BCUT2D eigenvalue weighted by Crippen LogP contribution is 2.63. The highest BCUT2D eigenvalue weighted by Gasteiger charge is 2.50. The molecule has 0 saturated heterocycles. The molecule has 0 bridgehead atoms. The van der Waals surface area contributed by atoms with Crippen molar-refractivity contribution in [2.24, 2.45) is 0 Å². The summed E-state index contributed by atoms with van der Waals surface area (Å²) in [6.07, 6.45) is 0. The Hall–Kier alpha value is -6.07. The second kappa shape index (κ2) is 11.0. The van der Waals surface area contributed by atoms with Crippen molar-refractivity contribution >= 4 is 82.3 Å². The van der Waals surface area contributed by atoms with Crippen molar-refractivity contribution in [2.75, 3.05) is 4.90 Å². The van der Waals surface area contributed by atoms with Crippen molar-refractivity contribution in [3.63, 3.8) is 0 Å². The van der Waals surface area contributed by atoms with E-state index in [2.05, 4.69) is 175 Å². The van der Waals surface area contributed by atoms with Crippen molar-refractivity contribution < 1.29 is 4.42 Å². The minimum atomic E-state index is -0.397. The van der Waals surface area contributed by atoms with Gasteiger partial charge in [0.05, 0.1) is 22.2 Å². The summed E-state index contributed by atoms with van der Waals surface area (Å²) in [6, 6.07) is 64.6. The first kappa shape index (κ1) is 29.5. The fraction of sp³-hybridized carbons (Fsp3) is 0.0204. The summed E-state index contributed by atoms with van der Waals surface area (Å²) in [5.74, 6) is 0. The molecular formula is C49H29NOS2. The van der Waals surface area contributed by atoms with Crippen molar-refractivity contribution in [2.45, 2.75) is 15.2 Å². The third-order valence-electron chi connectivity index (χ3n) is 11.3. The Bertz CT molecular complexity index is 3070. The lowest BCUT2D eigenvalue weighted by molar-refractivity contribution is 0.669. The Morgan fingerprint density at radius 2 is 1.08 bits per heavy atom. The second-order valence-corrected chi connectivity index (χ2v) is 16.1. The molecular weight excluding hydrogens is 683 g/mol. The molecule has 10 aromatic rings. The van der Waals surface area contributed by atoms with E-state index in [9.17, 15) is 0 Å². The lowest BCUT2D eigenvalue weighted by Crippen LogP contribution is -2.31. The molecule has 3 heterocycles. The average Bonchev–Trinajstić information content (AvgIpc) is 3.87. The van der Waals surface area contributed by atoms with E-state index in [0.717, 1.165) is 39.0 Å². The number of anilines is 3. The summed E-state index contributed by atoms with van der Waals surface area (Å²) < 4.78 is 8.99. The van der Waals surface area contributed by atoms with Crippen LogP contribution in [0.4, 0.5) is 17.1 Å². The highest BCUT2D eigenvalue weighted by molar-refractivity contribution is 7.99. The van der Waals surface area contributed by atoms with E-state index < -0.39 is 5.41 Å². The Morgan fingerprint density at radius 3 is 1.89 bits per heavy atom. The molecule has 2 aliphatic rings. The highest BCUT2D eigenvalue weighted by atomic mass is 32.2. The quantitative estimate of drug-likeness (QED) is 0.182. The number of nitrogens with zero attached hydrogens (tertiary/aromatic N) is 1. The Balaban J connectivity index is 1.18. The van der Waals surface area contributed by atoms with E-state index in [1.165, 1.54) is 63.3 Å². The minimum Gasteiger partial charge on any atom is -0.456 e. The number of fused-ring (bicyclic) bond motifs is 15. The van der Waals surface area contributed by atoms with Crippen LogP contribution in [0, 0.1) is 0 Å². The molecule has 1 aliphatic carbocycles. The summed E-state index contributed by atoms with van der Waals surface area (Å²) in [6.45, 7) is 0. The Labute approximate surface area is 314 Å². The van der Waals surface area contributed by atoms with Crippen molar-refractivity contribution in [3.05, 3.63) is 198 Å². The summed E-state index contributed by atoms with van der Waals surface area (Å²) in [7, 11) is 0. The maximum Gasteiger partial charge on any atom is 0.137 e. The lowest BCUT2D eigenvalue weighted by atomic mass is 9.67. The van der Waals surface area contributed by atoms with Gasteiger partial charge in [-0.15, -0.1) is 11.3 Å². The number of hydrogen-bond acceptors (Lipinski definition) is 4. The first-order valence-electron chi connectivity index (χ1n) is 18.0. The Morgan fingerprint density at radius 1 is 0.434 bits per heavy atom. The molecule has 0 atom stereocenters. The maximum absolute atomic E-state index is 6.42. The molecule has 0 unspecified atom stereocenters. The second-order valence-electron chi connectivity index (χ2n) is 14.0. The standard InChI is InChI=1S/C49H29NOS2/c1-2-14-30(15-3-1)50(39-21-12-24-42-47(39)32-17-5-9-23-41(32)51-42)40-22-13-27-45-48(40)34-28-33-31-16-4-6-18-35(31)49(38(33)29-46(34)53-45)36-19-7-10-25-43(36)52-44-26-11-8-20-37(44)49/h1-29H. The summed E-state index contributed by atoms with van der Waals surface area (Å²) in [5.41, 5.74) is 12.8. The predicted octanol–water partition coefficient (Wildman–Crippen LogP) is 14.3. The molecule has 1 aliphatic heterocycles. The van der Waals surface area contributed by atoms with Gasteiger partial charge in [0, 0.05) is 41.0 Å². The van der Waals surface area contributed by atoms with Gasteiger partial charge >= 0.3 is 0 Å². The number of hydrogen-bond donors (Lipinski definition) is 0. The average molecular weight is 712 g/mol. The molecule has 0 radical (unpaired) electrons. The summed E-state index contributed by atoms with van der Waals surface area (Å²) >= 11 is 3.79. The third-order valence-corrected chi connectivity index (χ3v) is 13.6. The molecule has 0 saturated carbocycles. The molecule has 8 aromatic carbocycles. The fourth-order valence-corrected chi connectivity index (χ4v) is 11.6. The number of para-hydroxylation sites is 2. The van der Waals surface area contributed by atoms with Gasteiger partial charge in [-0.05, 0) is 100 Å². The van der Waals surface area contributed by atoms with Crippen LogP contribution < -0.4 is 4.90 Å². The molecule has 12 rings (SSSR count). The van der Waals surface area contributed by atoms with Crippen LogP contribution in [0.5, 0.6) is 0 Å². The zero-order valence-electron chi connectivity index (χ0n) is 28.4. The van der Waals surface area contributed by atoms with Crippen LogP contribution in [0.1, 0.15) is 22.3 Å². The van der Waals surface area contributed by atoms with Gasteiger partial charge in [0.15, 0.2) is 0 Å². The molecule has 4 heteroatoms. The topological polar surface area (TPSA) is 16.4 Å². The zero-order valence-corrected chi connectivity index (χ0v) is 30.0. The van der Waals surface area contributed by atoms with Gasteiger partial charge < -0.3 is 9.32 Å². The van der Waals surface area contributed by atoms with Gasteiger partial charge in [-0.2, -0.15) is 0 Å². The molecule has 53 heavy (non-hydrogen) atoms. The van der Waals surface area contributed by atoms with Crippen LogP contribution >= 0.6 is 23.1 Å². The van der Waals surface area contributed by atoms with E-state index in [4.69, 9.17) is 4.42 Å². The van der Waals surface area contributed by atoms with Crippen LogP contribution in [-0.4, -0.2) is 0 Å². The van der Waals surface area contributed by atoms with Gasteiger partial charge in [-0.25, -0.2) is 0 Å². The monoisotopic (exact) mass is 711 g/mol. The van der Waals surface area contributed by atoms with Crippen LogP contribution in [-0.2, 0) is 5.41 Å². The number of rotatable bonds is 3. The minimum absolute atomic E-state index is 0.397. The summed E-state index contributed by atoms with van der Waals surface area (Å²) in [5, 5.41) is 4.78. The third kappa shape index (κ3) is 3.94. The molecule has 1 spiro atoms. The predicted molar refractivity (Wildman–Crippen MR) is 223 cm³/mol. The Kier molecular flexibility index (Phi) is 6.11. The fourth-order valence-electron chi connectivity index (χ4n) is 9.26.